The molecule has 4 aromatic rings. The highest BCUT2D eigenvalue weighted by Crippen LogP contribution is 2.30. The van der Waals surface area contributed by atoms with Gasteiger partial charge in [-0.05, 0) is 70.8 Å². The lowest BCUT2D eigenvalue weighted by molar-refractivity contribution is -0.131. The van der Waals surface area contributed by atoms with E-state index in [1.165, 1.54) is 4.31 Å². The van der Waals surface area contributed by atoms with E-state index in [-0.39, 0.29) is 17.3 Å². The molecule has 1 saturated heterocycles. The summed E-state index contributed by atoms with van der Waals surface area (Å²) in [6.07, 6.45) is 3.59. The molecule has 1 fully saturated rings. The Labute approximate surface area is 221 Å². The van der Waals surface area contributed by atoms with Gasteiger partial charge in [-0.25, -0.2) is 8.42 Å². The van der Waals surface area contributed by atoms with Crippen molar-refractivity contribution in [2.24, 2.45) is 0 Å². The molecule has 8 nitrogen and oxygen atoms in total. The van der Waals surface area contributed by atoms with Crippen molar-refractivity contribution >= 4 is 26.7 Å². The highest BCUT2D eigenvalue weighted by atomic mass is 32.2. The molecule has 0 radical (unpaired) electrons. The lowest BCUT2D eigenvalue weighted by atomic mass is 10.1. The zero-order valence-electron chi connectivity index (χ0n) is 20.8. The molecule has 0 N–H and O–H groups in total. The molecule has 1 aromatic heterocycles. The summed E-state index contributed by atoms with van der Waals surface area (Å²) < 4.78 is 34.8. The fourth-order valence-corrected chi connectivity index (χ4v) is 6.40. The number of rotatable bonds is 8. The van der Waals surface area contributed by atoms with E-state index in [4.69, 9.17) is 4.74 Å². The topological polar surface area (TPSA) is 104 Å². The van der Waals surface area contributed by atoms with Gasteiger partial charge in [0, 0.05) is 32.0 Å². The molecule has 192 valence electrons. The Hall–Kier alpha value is -4.26. The number of hydrogen-bond donors (Lipinski definition) is 0. The first-order valence-corrected chi connectivity index (χ1v) is 13.6. The number of likely N-dealkylation sites (tertiary alicyclic amines) is 1. The second-order valence-corrected chi connectivity index (χ2v) is 11.1. The van der Waals surface area contributed by atoms with Gasteiger partial charge in [0.25, 0.3) is 0 Å². The smallest absolute Gasteiger partial charge is 0.244 e. The maximum absolute atomic E-state index is 14.1. The van der Waals surface area contributed by atoms with Gasteiger partial charge >= 0.3 is 0 Å². The quantitative estimate of drug-likeness (QED) is 0.342. The molecule has 0 spiro atoms. The van der Waals surface area contributed by atoms with E-state index in [0.29, 0.717) is 36.4 Å². The van der Waals surface area contributed by atoms with E-state index >= 15 is 0 Å². The summed E-state index contributed by atoms with van der Waals surface area (Å²) in [5.41, 5.74) is 2.02. The van der Waals surface area contributed by atoms with E-state index in [1.807, 2.05) is 18.2 Å². The summed E-state index contributed by atoms with van der Waals surface area (Å²) in [7, 11) is -2.50. The van der Waals surface area contributed by atoms with Crippen LogP contribution in [-0.4, -0.2) is 48.2 Å². The fraction of sp³-hybridized carbons (Fsp3) is 0.207. The van der Waals surface area contributed by atoms with Gasteiger partial charge in [0.2, 0.25) is 15.9 Å². The zero-order chi connectivity index (χ0) is 26.7. The van der Waals surface area contributed by atoms with E-state index in [9.17, 15) is 18.5 Å². The molecular formula is C29H26N4O4S. The average molecular weight is 527 g/mol. The highest BCUT2D eigenvalue weighted by Gasteiger charge is 2.42. The largest absolute Gasteiger partial charge is 0.497 e. The first kappa shape index (κ1) is 25.4. The lowest BCUT2D eigenvalue weighted by Gasteiger charge is -2.27. The minimum absolute atomic E-state index is 0.0144. The second-order valence-electron chi connectivity index (χ2n) is 9.16. The normalized spacial score (nSPS) is 15.7. The van der Waals surface area contributed by atoms with Crippen LogP contribution in [0.25, 0.3) is 10.8 Å². The van der Waals surface area contributed by atoms with E-state index in [2.05, 4.69) is 11.1 Å². The van der Waals surface area contributed by atoms with Gasteiger partial charge in [0.05, 0.1) is 23.6 Å². The third-order valence-electron chi connectivity index (χ3n) is 6.73. The number of methoxy groups -OCH3 is 1. The number of nitrogens with zero attached hydrogens (tertiary/aromatic N) is 4. The van der Waals surface area contributed by atoms with Crippen LogP contribution in [0.1, 0.15) is 23.1 Å². The molecule has 1 aliphatic heterocycles. The van der Waals surface area contributed by atoms with E-state index in [1.54, 1.807) is 79.0 Å². The van der Waals surface area contributed by atoms with Crippen molar-refractivity contribution in [3.63, 3.8) is 0 Å². The third-order valence-corrected chi connectivity index (χ3v) is 8.58. The minimum Gasteiger partial charge on any atom is -0.497 e. The predicted molar refractivity (Wildman–Crippen MR) is 142 cm³/mol. The van der Waals surface area contributed by atoms with Gasteiger partial charge in [-0.1, -0.05) is 30.3 Å². The number of pyridine rings is 1. The van der Waals surface area contributed by atoms with Crippen molar-refractivity contribution in [1.29, 1.82) is 5.26 Å². The molecule has 1 atom stereocenters. The zero-order valence-corrected chi connectivity index (χ0v) is 21.6. The first-order chi connectivity index (χ1) is 18.4. The van der Waals surface area contributed by atoms with Crippen LogP contribution in [0.3, 0.4) is 0 Å². The number of hydrogen-bond acceptors (Lipinski definition) is 6. The average Bonchev–Trinajstić information content (AvgIpc) is 3.30. The third kappa shape index (κ3) is 5.09. The summed E-state index contributed by atoms with van der Waals surface area (Å²) in [4.78, 5) is 19.5. The number of benzene rings is 3. The van der Waals surface area contributed by atoms with Crippen LogP contribution in [0.4, 0.5) is 0 Å². The number of aromatic nitrogens is 1. The van der Waals surface area contributed by atoms with Crippen molar-refractivity contribution < 1.29 is 17.9 Å². The minimum atomic E-state index is -4.06. The van der Waals surface area contributed by atoms with Crippen LogP contribution in [0.15, 0.2) is 90.1 Å². The molecule has 0 bridgehead atoms. The van der Waals surface area contributed by atoms with Gasteiger partial charge < -0.3 is 9.64 Å². The van der Waals surface area contributed by atoms with Crippen LogP contribution in [0.2, 0.25) is 0 Å². The van der Waals surface area contributed by atoms with Crippen LogP contribution < -0.4 is 4.74 Å². The Bertz CT molecular complexity index is 1630. The Morgan fingerprint density at radius 3 is 2.63 bits per heavy atom. The van der Waals surface area contributed by atoms with Crippen molar-refractivity contribution in [2.75, 3.05) is 13.7 Å². The summed E-state index contributed by atoms with van der Waals surface area (Å²) in [5, 5.41) is 10.8. The second kappa shape index (κ2) is 10.6. The summed E-state index contributed by atoms with van der Waals surface area (Å²) in [6.45, 7) is 0.732. The van der Waals surface area contributed by atoms with Crippen LogP contribution in [0, 0.1) is 11.3 Å². The number of carbonyl (C=O) groups is 1. The Morgan fingerprint density at radius 1 is 1.05 bits per heavy atom. The molecule has 0 aliphatic carbocycles. The maximum Gasteiger partial charge on any atom is 0.244 e. The molecule has 0 saturated carbocycles. The Balaban J connectivity index is 1.49. The van der Waals surface area contributed by atoms with Gasteiger partial charge in [0.1, 0.15) is 11.8 Å². The number of nitriles is 1. The van der Waals surface area contributed by atoms with E-state index < -0.39 is 16.1 Å². The molecule has 38 heavy (non-hydrogen) atoms. The molecule has 3 aromatic carbocycles. The van der Waals surface area contributed by atoms with Crippen LogP contribution in [0.5, 0.6) is 5.75 Å². The van der Waals surface area contributed by atoms with Crippen molar-refractivity contribution in [3.8, 4) is 11.8 Å². The highest BCUT2D eigenvalue weighted by molar-refractivity contribution is 7.89. The van der Waals surface area contributed by atoms with Crippen molar-refractivity contribution in [3.05, 3.63) is 102 Å². The predicted octanol–water partition coefficient (Wildman–Crippen LogP) is 4.11. The molecule has 9 heteroatoms. The number of fused-ring (bicyclic) bond motifs is 1. The summed E-state index contributed by atoms with van der Waals surface area (Å²) in [6, 6.07) is 22.3. The van der Waals surface area contributed by atoms with Gasteiger partial charge in [-0.2, -0.15) is 9.57 Å². The summed E-state index contributed by atoms with van der Waals surface area (Å²) >= 11 is 0. The number of carbonyl (C=O) groups excluding carboxylic acids is 1. The van der Waals surface area contributed by atoms with Gasteiger partial charge in [-0.15, -0.1) is 0 Å². The van der Waals surface area contributed by atoms with Gasteiger partial charge in [0.15, 0.2) is 0 Å². The number of sulfonamides is 1. The Kier molecular flexibility index (Phi) is 7.09. The monoisotopic (exact) mass is 526 g/mol. The van der Waals surface area contributed by atoms with Crippen LogP contribution in [-0.2, 0) is 27.9 Å². The standard InChI is InChI=1S/C29H26N4O4S/c1-37-26-9-7-24-8-10-27(16-25(24)15-26)38(35,36)33(20-23-6-3-12-31-18-23)28-11-13-32(29(28)34)19-22-5-2-4-21(14-22)17-30/h2-10,12,14-16,18,28H,11,13,19-20H2,1H3/t28-/m0/s1. The van der Waals surface area contributed by atoms with Gasteiger partial charge in [-0.3, -0.25) is 9.78 Å². The first-order valence-electron chi connectivity index (χ1n) is 12.2. The molecule has 1 amide bonds. The van der Waals surface area contributed by atoms with Crippen molar-refractivity contribution in [1.82, 2.24) is 14.2 Å². The van der Waals surface area contributed by atoms with Crippen molar-refractivity contribution in [2.45, 2.75) is 30.4 Å². The molecule has 1 aliphatic rings. The Morgan fingerprint density at radius 2 is 1.87 bits per heavy atom. The molecule has 2 heterocycles. The number of amides is 1. The lowest BCUT2D eigenvalue weighted by Crippen LogP contribution is -2.44. The summed E-state index contributed by atoms with van der Waals surface area (Å²) in [5.74, 6) is 0.364. The maximum atomic E-state index is 14.1. The molecule has 0 unspecified atom stereocenters. The fourth-order valence-electron chi connectivity index (χ4n) is 4.77. The number of ether oxygens (including phenoxy) is 1. The molecule has 5 rings (SSSR count). The SMILES string of the molecule is COc1ccc2ccc(S(=O)(=O)N(Cc3cccnc3)[C@H]3CCN(Cc4cccc(C#N)c4)C3=O)cc2c1. The van der Waals surface area contributed by atoms with Crippen LogP contribution >= 0.6 is 0 Å². The molecular weight excluding hydrogens is 500 g/mol. The van der Waals surface area contributed by atoms with E-state index in [0.717, 1.165) is 16.3 Å².